The highest BCUT2D eigenvalue weighted by molar-refractivity contribution is 7.18. The highest BCUT2D eigenvalue weighted by atomic mass is 32.1. The van der Waals surface area contributed by atoms with Crippen LogP contribution in [0.5, 0.6) is 0 Å². The van der Waals surface area contributed by atoms with Crippen LogP contribution in [0.25, 0.3) is 10.2 Å². The Morgan fingerprint density at radius 1 is 1.38 bits per heavy atom. The number of rotatable bonds is 7. The first-order valence-corrected chi connectivity index (χ1v) is 8.30. The molecule has 0 spiro atoms. The molecule has 1 unspecified atom stereocenters. The van der Waals surface area contributed by atoms with Crippen molar-refractivity contribution in [2.75, 3.05) is 30.4 Å². The summed E-state index contributed by atoms with van der Waals surface area (Å²) in [5.74, 6) is 1.55. The zero-order chi connectivity index (χ0) is 15.4. The minimum Gasteiger partial charge on any atom is -0.394 e. The highest BCUT2D eigenvalue weighted by Crippen LogP contribution is 2.32. The summed E-state index contributed by atoms with van der Waals surface area (Å²) >= 11 is 1.72. The van der Waals surface area contributed by atoms with Crippen molar-refractivity contribution in [3.63, 3.8) is 0 Å². The molecule has 0 saturated carbocycles. The molecular formula is C15H24N4OS. The second kappa shape index (κ2) is 7.04. The number of fused-ring (bicyclic) bond motifs is 1. The molecule has 0 radical (unpaired) electrons. The van der Waals surface area contributed by atoms with Gasteiger partial charge in [-0.2, -0.15) is 4.98 Å². The third-order valence-corrected chi connectivity index (χ3v) is 4.74. The SMILES string of the molecule is CCCNc1nc(N(C)C(C)CO)c2cc(CC)sc2n1. The third kappa shape index (κ3) is 3.44. The summed E-state index contributed by atoms with van der Waals surface area (Å²) in [5, 5.41) is 13.7. The van der Waals surface area contributed by atoms with Gasteiger partial charge in [0, 0.05) is 18.5 Å². The van der Waals surface area contributed by atoms with Crippen LogP contribution in [0, 0.1) is 0 Å². The summed E-state index contributed by atoms with van der Waals surface area (Å²) in [4.78, 5) is 13.6. The van der Waals surface area contributed by atoms with Gasteiger partial charge in [-0.1, -0.05) is 13.8 Å². The molecule has 0 aromatic carbocycles. The largest absolute Gasteiger partial charge is 0.394 e. The lowest BCUT2D eigenvalue weighted by Gasteiger charge is -2.25. The van der Waals surface area contributed by atoms with Gasteiger partial charge in [-0.3, -0.25) is 0 Å². The van der Waals surface area contributed by atoms with E-state index in [4.69, 9.17) is 0 Å². The lowest BCUT2D eigenvalue weighted by Crippen LogP contribution is -2.32. The molecule has 0 aliphatic rings. The number of aliphatic hydroxyl groups is 1. The van der Waals surface area contributed by atoms with Crippen LogP contribution in [0.2, 0.25) is 0 Å². The van der Waals surface area contributed by atoms with Gasteiger partial charge < -0.3 is 15.3 Å². The quantitative estimate of drug-likeness (QED) is 0.823. The Balaban J connectivity index is 2.50. The number of anilines is 2. The van der Waals surface area contributed by atoms with Crippen LogP contribution in [-0.2, 0) is 6.42 Å². The van der Waals surface area contributed by atoms with Crippen LogP contribution in [0.3, 0.4) is 0 Å². The Labute approximate surface area is 130 Å². The predicted octanol–water partition coefficient (Wildman–Crippen LogP) is 2.89. The van der Waals surface area contributed by atoms with Crippen molar-refractivity contribution in [3.05, 3.63) is 10.9 Å². The number of hydrogen-bond donors (Lipinski definition) is 2. The molecule has 6 heteroatoms. The van der Waals surface area contributed by atoms with Gasteiger partial charge >= 0.3 is 0 Å². The fourth-order valence-electron chi connectivity index (χ4n) is 2.05. The van der Waals surface area contributed by atoms with Gasteiger partial charge in [0.2, 0.25) is 5.95 Å². The zero-order valence-corrected chi connectivity index (χ0v) is 14.0. The monoisotopic (exact) mass is 308 g/mol. The van der Waals surface area contributed by atoms with Crippen molar-refractivity contribution in [1.29, 1.82) is 0 Å². The predicted molar refractivity (Wildman–Crippen MR) is 90.5 cm³/mol. The van der Waals surface area contributed by atoms with E-state index < -0.39 is 0 Å². The summed E-state index contributed by atoms with van der Waals surface area (Å²) in [6.07, 6.45) is 2.03. The van der Waals surface area contributed by atoms with Crippen LogP contribution in [0.1, 0.15) is 32.1 Å². The minimum atomic E-state index is 0.0205. The Hall–Kier alpha value is -1.40. The van der Waals surface area contributed by atoms with Crippen LogP contribution < -0.4 is 10.2 Å². The second-order valence-corrected chi connectivity index (χ2v) is 6.34. The van der Waals surface area contributed by atoms with Gasteiger partial charge in [0.05, 0.1) is 18.0 Å². The molecule has 116 valence electrons. The molecule has 0 fully saturated rings. The van der Waals surface area contributed by atoms with Crippen LogP contribution in [0.15, 0.2) is 6.07 Å². The topological polar surface area (TPSA) is 61.3 Å². The van der Waals surface area contributed by atoms with E-state index in [-0.39, 0.29) is 12.6 Å². The molecule has 2 aromatic heterocycles. The number of aliphatic hydroxyl groups excluding tert-OH is 1. The van der Waals surface area contributed by atoms with Crippen molar-refractivity contribution >= 4 is 33.3 Å². The summed E-state index contributed by atoms with van der Waals surface area (Å²) in [6, 6.07) is 2.19. The molecule has 2 N–H and O–H groups in total. The van der Waals surface area contributed by atoms with Gasteiger partial charge in [0.1, 0.15) is 10.6 Å². The minimum absolute atomic E-state index is 0.0205. The van der Waals surface area contributed by atoms with Crippen molar-refractivity contribution in [2.24, 2.45) is 0 Å². The maximum absolute atomic E-state index is 9.40. The second-order valence-electron chi connectivity index (χ2n) is 5.23. The summed E-state index contributed by atoms with van der Waals surface area (Å²) in [5.41, 5.74) is 0. The van der Waals surface area contributed by atoms with Crippen LogP contribution in [-0.4, -0.2) is 41.3 Å². The highest BCUT2D eigenvalue weighted by Gasteiger charge is 2.17. The summed E-state index contributed by atoms with van der Waals surface area (Å²) in [7, 11) is 1.97. The average molecular weight is 308 g/mol. The summed E-state index contributed by atoms with van der Waals surface area (Å²) < 4.78 is 0. The molecule has 1 atom stereocenters. The smallest absolute Gasteiger partial charge is 0.226 e. The Bertz CT molecular complexity index is 599. The Morgan fingerprint density at radius 2 is 2.14 bits per heavy atom. The maximum atomic E-state index is 9.40. The number of nitrogens with one attached hydrogen (secondary N) is 1. The molecule has 0 aliphatic heterocycles. The van der Waals surface area contributed by atoms with Crippen LogP contribution in [0.4, 0.5) is 11.8 Å². The first-order chi connectivity index (χ1) is 10.1. The fraction of sp³-hybridized carbons (Fsp3) is 0.600. The lowest BCUT2D eigenvalue weighted by molar-refractivity contribution is 0.270. The molecule has 21 heavy (non-hydrogen) atoms. The number of thiophene rings is 1. The lowest BCUT2D eigenvalue weighted by atomic mass is 10.2. The van der Waals surface area contributed by atoms with E-state index in [2.05, 4.69) is 35.2 Å². The van der Waals surface area contributed by atoms with Crippen molar-refractivity contribution < 1.29 is 5.11 Å². The Kier molecular flexibility index (Phi) is 5.36. The molecule has 0 saturated heterocycles. The van der Waals surface area contributed by atoms with Gasteiger partial charge in [-0.05, 0) is 25.8 Å². The van der Waals surface area contributed by atoms with E-state index in [0.717, 1.165) is 35.4 Å². The van der Waals surface area contributed by atoms with E-state index in [1.807, 2.05) is 18.9 Å². The van der Waals surface area contributed by atoms with Gasteiger partial charge in [0.25, 0.3) is 0 Å². The van der Waals surface area contributed by atoms with Gasteiger partial charge in [-0.25, -0.2) is 4.98 Å². The standard InChI is InChI=1S/C15H24N4OS/c1-5-7-16-15-17-13(19(4)10(3)9-20)12-8-11(6-2)21-14(12)18-15/h8,10,20H,5-7,9H2,1-4H3,(H,16,17,18). The van der Waals surface area contributed by atoms with E-state index in [0.29, 0.717) is 5.95 Å². The number of hydrogen-bond acceptors (Lipinski definition) is 6. The van der Waals surface area contributed by atoms with Crippen molar-refractivity contribution in [1.82, 2.24) is 9.97 Å². The van der Waals surface area contributed by atoms with Gasteiger partial charge in [0.15, 0.2) is 0 Å². The molecule has 0 amide bonds. The Morgan fingerprint density at radius 3 is 2.76 bits per heavy atom. The van der Waals surface area contributed by atoms with E-state index in [1.165, 1.54) is 4.88 Å². The van der Waals surface area contributed by atoms with Crippen LogP contribution >= 0.6 is 11.3 Å². The third-order valence-electron chi connectivity index (χ3n) is 3.56. The number of nitrogens with zero attached hydrogens (tertiary/aromatic N) is 3. The first-order valence-electron chi connectivity index (χ1n) is 7.48. The van der Waals surface area contributed by atoms with Crippen molar-refractivity contribution in [2.45, 2.75) is 39.7 Å². The van der Waals surface area contributed by atoms with Crippen molar-refractivity contribution in [3.8, 4) is 0 Å². The molecule has 0 aliphatic carbocycles. The van der Waals surface area contributed by atoms with E-state index in [1.54, 1.807) is 11.3 Å². The maximum Gasteiger partial charge on any atom is 0.226 e. The van der Waals surface area contributed by atoms with E-state index in [9.17, 15) is 5.11 Å². The zero-order valence-electron chi connectivity index (χ0n) is 13.2. The normalized spacial score (nSPS) is 12.6. The van der Waals surface area contributed by atoms with Gasteiger partial charge in [-0.15, -0.1) is 11.3 Å². The molecule has 2 aromatic rings. The first kappa shape index (κ1) is 16.0. The molecular weight excluding hydrogens is 284 g/mol. The molecule has 2 heterocycles. The molecule has 5 nitrogen and oxygen atoms in total. The summed E-state index contributed by atoms with van der Waals surface area (Å²) in [6.45, 7) is 7.21. The van der Waals surface area contributed by atoms with E-state index >= 15 is 0 Å². The number of aromatic nitrogens is 2. The molecule has 0 bridgehead atoms. The number of aryl methyl sites for hydroxylation is 1. The molecule has 2 rings (SSSR count). The average Bonchev–Trinajstić information content (AvgIpc) is 2.93. The number of likely N-dealkylation sites (N-methyl/N-ethyl adjacent to an activating group) is 1. The fourth-order valence-corrected chi connectivity index (χ4v) is 3.01.